The zero-order valence-electron chi connectivity index (χ0n) is 15.0. The molecule has 4 nitrogen and oxygen atoms in total. The molecule has 2 N–H and O–H groups in total. The molecule has 0 aliphatic heterocycles. The van der Waals surface area contributed by atoms with Crippen LogP contribution in [-0.2, 0) is 0 Å². The number of fused-ring (bicyclic) bond motifs is 1. The fourth-order valence-corrected chi connectivity index (χ4v) is 3.25. The molecule has 126 valence electrons. The average Bonchev–Trinajstić information content (AvgIpc) is 2.51. The van der Waals surface area contributed by atoms with Gasteiger partial charge in [-0.25, -0.2) is 0 Å². The molecule has 0 saturated heterocycles. The van der Waals surface area contributed by atoms with E-state index in [4.69, 9.17) is 10.5 Å². The molecule has 23 heavy (non-hydrogen) atoms. The number of hydrogen-bond acceptors (Lipinski definition) is 4. The van der Waals surface area contributed by atoms with Crippen molar-refractivity contribution in [3.8, 4) is 5.75 Å². The molecule has 1 unspecified atom stereocenters. The molecule has 0 bridgehead atoms. The molecule has 1 atom stereocenters. The first-order valence-corrected chi connectivity index (χ1v) is 8.30. The van der Waals surface area contributed by atoms with Crippen molar-refractivity contribution in [2.24, 2.45) is 5.73 Å². The van der Waals surface area contributed by atoms with Gasteiger partial charge in [0.1, 0.15) is 5.75 Å². The molecular formula is C19H29N3O. The van der Waals surface area contributed by atoms with Gasteiger partial charge in [0.2, 0.25) is 0 Å². The summed E-state index contributed by atoms with van der Waals surface area (Å²) >= 11 is 0. The number of aromatic nitrogens is 1. The molecule has 0 spiro atoms. The van der Waals surface area contributed by atoms with Crippen molar-refractivity contribution in [3.05, 3.63) is 30.5 Å². The molecule has 1 aromatic heterocycles. The molecule has 0 saturated carbocycles. The Balaban J connectivity index is 2.59. The second kappa shape index (κ2) is 7.18. The van der Waals surface area contributed by atoms with Gasteiger partial charge in [-0.2, -0.15) is 0 Å². The van der Waals surface area contributed by atoms with Crippen LogP contribution in [0, 0.1) is 0 Å². The summed E-state index contributed by atoms with van der Waals surface area (Å²) in [7, 11) is 1.71. The van der Waals surface area contributed by atoms with E-state index in [1.165, 1.54) is 0 Å². The summed E-state index contributed by atoms with van der Waals surface area (Å²) in [5, 5.41) is 1.10. The minimum absolute atomic E-state index is 0.0230. The summed E-state index contributed by atoms with van der Waals surface area (Å²) < 4.78 is 5.51. The van der Waals surface area contributed by atoms with Crippen LogP contribution in [0.15, 0.2) is 30.5 Å². The van der Waals surface area contributed by atoms with Crippen molar-refractivity contribution in [2.75, 3.05) is 18.6 Å². The van der Waals surface area contributed by atoms with Gasteiger partial charge >= 0.3 is 0 Å². The van der Waals surface area contributed by atoms with Crippen LogP contribution in [-0.4, -0.2) is 30.2 Å². The molecule has 0 aliphatic rings. The van der Waals surface area contributed by atoms with E-state index in [1.807, 2.05) is 18.3 Å². The van der Waals surface area contributed by atoms with E-state index in [2.05, 4.69) is 49.7 Å². The van der Waals surface area contributed by atoms with Gasteiger partial charge in [0, 0.05) is 29.2 Å². The first-order chi connectivity index (χ1) is 10.9. The van der Waals surface area contributed by atoms with E-state index in [1.54, 1.807) is 7.11 Å². The number of ether oxygens (including phenoxy) is 1. The quantitative estimate of drug-likeness (QED) is 0.876. The number of nitrogens with two attached hydrogens (primary N) is 1. The van der Waals surface area contributed by atoms with Crippen molar-refractivity contribution >= 4 is 16.6 Å². The Morgan fingerprint density at radius 1 is 1.30 bits per heavy atom. The predicted octanol–water partition coefficient (Wildman–Crippen LogP) is 3.98. The third-order valence-corrected chi connectivity index (χ3v) is 4.14. The minimum Gasteiger partial charge on any atom is -0.497 e. The number of anilines is 1. The second-order valence-electron chi connectivity index (χ2n) is 7.04. The van der Waals surface area contributed by atoms with Crippen LogP contribution in [0.2, 0.25) is 0 Å². The molecule has 0 radical (unpaired) electrons. The third kappa shape index (κ3) is 3.94. The zero-order chi connectivity index (χ0) is 17.0. The lowest BCUT2D eigenvalue weighted by Gasteiger charge is -2.43. The summed E-state index contributed by atoms with van der Waals surface area (Å²) in [5.41, 5.74) is 7.83. The van der Waals surface area contributed by atoms with Crippen molar-refractivity contribution in [1.29, 1.82) is 0 Å². The van der Waals surface area contributed by atoms with Gasteiger partial charge in [0.15, 0.2) is 0 Å². The number of benzene rings is 1. The van der Waals surface area contributed by atoms with E-state index in [9.17, 15) is 0 Å². The first-order valence-electron chi connectivity index (χ1n) is 8.30. The van der Waals surface area contributed by atoms with Crippen LogP contribution in [0.1, 0.15) is 40.5 Å². The van der Waals surface area contributed by atoms with E-state index < -0.39 is 0 Å². The Morgan fingerprint density at radius 3 is 2.65 bits per heavy atom. The Bertz CT molecular complexity index is 649. The van der Waals surface area contributed by atoms with Crippen molar-refractivity contribution in [2.45, 2.75) is 52.1 Å². The van der Waals surface area contributed by atoms with Crippen molar-refractivity contribution in [1.82, 2.24) is 4.98 Å². The highest BCUT2D eigenvalue weighted by Crippen LogP contribution is 2.36. The summed E-state index contributed by atoms with van der Waals surface area (Å²) in [4.78, 5) is 7.08. The molecule has 0 aliphatic carbocycles. The highest BCUT2D eigenvalue weighted by Gasteiger charge is 2.28. The monoisotopic (exact) mass is 315 g/mol. The van der Waals surface area contributed by atoms with Crippen LogP contribution >= 0.6 is 0 Å². The van der Waals surface area contributed by atoms with Crippen LogP contribution in [0.5, 0.6) is 5.75 Å². The first kappa shape index (κ1) is 17.5. The molecular weight excluding hydrogens is 286 g/mol. The van der Waals surface area contributed by atoms with Crippen LogP contribution in [0.4, 0.5) is 5.69 Å². The lowest BCUT2D eigenvalue weighted by molar-refractivity contribution is 0.411. The summed E-state index contributed by atoms with van der Waals surface area (Å²) in [6.45, 7) is 9.69. The van der Waals surface area contributed by atoms with Crippen molar-refractivity contribution in [3.63, 3.8) is 0 Å². The van der Waals surface area contributed by atoms with Gasteiger partial charge in [-0.05, 0) is 59.2 Å². The SMILES string of the molecule is COc1cc(N(C(C)CCCN)C(C)(C)C)c2ncccc2c1. The lowest BCUT2D eigenvalue weighted by Crippen LogP contribution is -2.47. The van der Waals surface area contributed by atoms with E-state index in [0.29, 0.717) is 6.04 Å². The fourth-order valence-electron chi connectivity index (χ4n) is 3.25. The van der Waals surface area contributed by atoms with E-state index >= 15 is 0 Å². The number of methoxy groups -OCH3 is 1. The van der Waals surface area contributed by atoms with Gasteiger partial charge in [-0.3, -0.25) is 4.98 Å². The number of pyridine rings is 1. The molecule has 2 aromatic rings. The number of hydrogen-bond donors (Lipinski definition) is 1. The summed E-state index contributed by atoms with van der Waals surface area (Å²) in [6, 6.07) is 8.55. The second-order valence-corrected chi connectivity index (χ2v) is 7.04. The van der Waals surface area contributed by atoms with Gasteiger partial charge < -0.3 is 15.4 Å². The van der Waals surface area contributed by atoms with Crippen LogP contribution in [0.3, 0.4) is 0 Å². The average molecular weight is 315 g/mol. The van der Waals surface area contributed by atoms with Gasteiger partial charge in [-0.1, -0.05) is 6.07 Å². The van der Waals surface area contributed by atoms with Gasteiger partial charge in [0.25, 0.3) is 0 Å². The summed E-state index contributed by atoms with van der Waals surface area (Å²) in [5.74, 6) is 0.862. The molecule has 2 rings (SSSR count). The molecule has 1 heterocycles. The Hall–Kier alpha value is -1.81. The van der Waals surface area contributed by atoms with Crippen LogP contribution in [0.25, 0.3) is 10.9 Å². The maximum absolute atomic E-state index is 5.71. The Labute approximate surface area is 139 Å². The highest BCUT2D eigenvalue weighted by molar-refractivity contribution is 5.92. The highest BCUT2D eigenvalue weighted by atomic mass is 16.5. The number of rotatable bonds is 6. The Morgan fingerprint density at radius 2 is 2.04 bits per heavy atom. The maximum Gasteiger partial charge on any atom is 0.121 e. The molecule has 0 fully saturated rings. The summed E-state index contributed by atoms with van der Waals surface area (Å²) in [6.07, 6.45) is 3.92. The lowest BCUT2D eigenvalue weighted by atomic mass is 9.98. The van der Waals surface area contributed by atoms with Crippen molar-refractivity contribution < 1.29 is 4.74 Å². The normalized spacial score (nSPS) is 13.1. The molecule has 1 aromatic carbocycles. The largest absolute Gasteiger partial charge is 0.497 e. The molecule has 4 heteroatoms. The van der Waals surface area contributed by atoms with E-state index in [0.717, 1.165) is 41.7 Å². The maximum atomic E-state index is 5.71. The Kier molecular flexibility index (Phi) is 5.47. The van der Waals surface area contributed by atoms with E-state index in [-0.39, 0.29) is 5.54 Å². The van der Waals surface area contributed by atoms with Gasteiger partial charge in [-0.15, -0.1) is 0 Å². The topological polar surface area (TPSA) is 51.4 Å². The minimum atomic E-state index is -0.0230. The van der Waals surface area contributed by atoms with Crippen LogP contribution < -0.4 is 15.4 Å². The predicted molar refractivity (Wildman–Crippen MR) is 98.3 cm³/mol. The fraction of sp³-hybridized carbons (Fsp3) is 0.526. The molecule has 0 amide bonds. The number of nitrogens with zero attached hydrogens (tertiary/aromatic N) is 2. The smallest absolute Gasteiger partial charge is 0.121 e. The van der Waals surface area contributed by atoms with Gasteiger partial charge in [0.05, 0.1) is 18.3 Å². The standard InChI is InChI=1S/C19H29N3O/c1-14(8-6-10-20)22(19(2,3)4)17-13-16(23-5)12-15-9-7-11-21-18(15)17/h7,9,11-14H,6,8,10,20H2,1-5H3. The third-order valence-electron chi connectivity index (χ3n) is 4.14. The zero-order valence-corrected chi connectivity index (χ0v) is 15.0.